The zero-order chi connectivity index (χ0) is 18.8. The predicted octanol–water partition coefficient (Wildman–Crippen LogP) is 3.97. The first kappa shape index (κ1) is 16.3. The summed E-state index contributed by atoms with van der Waals surface area (Å²) in [5, 5.41) is 0. The molecule has 0 saturated heterocycles. The number of carbonyl (C=O) groups excluding carboxylic acids is 2. The molecule has 0 aliphatic heterocycles. The standard InChI is InChI=1S/C24H22O4/c25-23(13-7-3-1-4-8-13)27-21-19-17-15-11-12-16(15)18(17)20(19)22(21)28-24(26)14-9-5-2-6-10-14/h1-10,15-22H,11-12H2. The van der Waals surface area contributed by atoms with Crippen LogP contribution in [-0.4, -0.2) is 24.1 Å². The summed E-state index contributed by atoms with van der Waals surface area (Å²) in [6.45, 7) is 0. The van der Waals surface area contributed by atoms with E-state index in [4.69, 9.17) is 9.47 Å². The first-order chi connectivity index (χ1) is 13.7. The van der Waals surface area contributed by atoms with Gasteiger partial charge in [-0.05, 0) is 60.8 Å². The Morgan fingerprint density at radius 1 is 0.607 bits per heavy atom. The first-order valence-electron chi connectivity index (χ1n) is 10.3. The quantitative estimate of drug-likeness (QED) is 0.760. The van der Waals surface area contributed by atoms with Crippen molar-refractivity contribution >= 4 is 11.9 Å². The van der Waals surface area contributed by atoms with Crippen LogP contribution in [0.1, 0.15) is 33.6 Å². The zero-order valence-electron chi connectivity index (χ0n) is 15.4. The van der Waals surface area contributed by atoms with Crippen LogP contribution >= 0.6 is 0 Å². The van der Waals surface area contributed by atoms with E-state index >= 15 is 0 Å². The topological polar surface area (TPSA) is 52.6 Å². The molecule has 8 atom stereocenters. The molecule has 6 rings (SSSR count). The maximum atomic E-state index is 12.6. The molecule has 0 N–H and O–H groups in total. The molecule has 4 fully saturated rings. The Balaban J connectivity index is 1.22. The fourth-order valence-corrected chi connectivity index (χ4v) is 6.38. The van der Waals surface area contributed by atoms with Gasteiger partial charge in [-0.1, -0.05) is 36.4 Å². The lowest BCUT2D eigenvalue weighted by molar-refractivity contribution is -0.359. The number of hydrogen-bond acceptors (Lipinski definition) is 4. The molecule has 0 heterocycles. The van der Waals surface area contributed by atoms with Gasteiger partial charge in [0, 0.05) is 11.8 Å². The van der Waals surface area contributed by atoms with Crippen molar-refractivity contribution < 1.29 is 19.1 Å². The number of hydrogen-bond donors (Lipinski definition) is 0. The monoisotopic (exact) mass is 374 g/mol. The van der Waals surface area contributed by atoms with E-state index in [0.717, 1.165) is 11.8 Å². The summed E-state index contributed by atoms with van der Waals surface area (Å²) in [5.41, 5.74) is 1.09. The van der Waals surface area contributed by atoms with Crippen LogP contribution in [0.3, 0.4) is 0 Å². The second-order valence-electron chi connectivity index (χ2n) is 8.69. The van der Waals surface area contributed by atoms with E-state index in [1.54, 1.807) is 24.3 Å². The van der Waals surface area contributed by atoms with E-state index in [1.807, 2.05) is 36.4 Å². The van der Waals surface area contributed by atoms with Crippen molar-refractivity contribution in [1.29, 1.82) is 0 Å². The maximum Gasteiger partial charge on any atom is 0.338 e. The van der Waals surface area contributed by atoms with E-state index in [9.17, 15) is 9.59 Å². The summed E-state index contributed by atoms with van der Waals surface area (Å²) in [5.74, 6) is 3.06. The number of fused-ring (bicyclic) bond motifs is 7. The molecule has 4 nitrogen and oxygen atoms in total. The average molecular weight is 374 g/mol. The molecule has 0 aromatic heterocycles. The van der Waals surface area contributed by atoms with E-state index in [0.29, 0.717) is 34.8 Å². The Morgan fingerprint density at radius 3 is 1.36 bits per heavy atom. The molecule has 0 bridgehead atoms. The molecule has 4 aliphatic carbocycles. The van der Waals surface area contributed by atoms with Crippen LogP contribution in [0.4, 0.5) is 0 Å². The van der Waals surface area contributed by atoms with Crippen molar-refractivity contribution in [2.24, 2.45) is 35.5 Å². The third kappa shape index (κ3) is 2.12. The Hall–Kier alpha value is -2.62. The minimum absolute atomic E-state index is 0.312. The van der Waals surface area contributed by atoms with Gasteiger partial charge in [0.05, 0.1) is 11.1 Å². The molecular weight excluding hydrogens is 352 g/mol. The summed E-state index contributed by atoms with van der Waals surface area (Å²) < 4.78 is 11.8. The van der Waals surface area contributed by atoms with Crippen LogP contribution < -0.4 is 0 Å². The second kappa shape index (κ2) is 5.94. The van der Waals surface area contributed by atoms with Crippen molar-refractivity contribution in [2.75, 3.05) is 0 Å². The lowest BCUT2D eigenvalue weighted by Crippen LogP contribution is -2.81. The minimum atomic E-state index is -0.322. The average Bonchev–Trinajstić information content (AvgIpc) is 2.71. The Morgan fingerprint density at radius 2 is 1.00 bits per heavy atom. The van der Waals surface area contributed by atoms with Gasteiger partial charge in [0.1, 0.15) is 12.2 Å². The highest BCUT2D eigenvalue weighted by Crippen LogP contribution is 2.77. The summed E-state index contributed by atoms with van der Waals surface area (Å²) >= 11 is 0. The third-order valence-corrected chi connectivity index (χ3v) is 7.74. The normalized spacial score (nSPS) is 38.7. The van der Waals surface area contributed by atoms with Crippen molar-refractivity contribution in [2.45, 2.75) is 25.0 Å². The molecule has 2 aromatic rings. The van der Waals surface area contributed by atoms with E-state index in [-0.39, 0.29) is 24.1 Å². The summed E-state index contributed by atoms with van der Waals surface area (Å²) in [4.78, 5) is 25.3. The van der Waals surface area contributed by atoms with Crippen LogP contribution in [0.5, 0.6) is 0 Å². The predicted molar refractivity (Wildman–Crippen MR) is 101 cm³/mol. The van der Waals surface area contributed by atoms with Gasteiger partial charge in [-0.25, -0.2) is 9.59 Å². The molecule has 8 unspecified atom stereocenters. The van der Waals surface area contributed by atoms with Gasteiger partial charge < -0.3 is 9.47 Å². The Kier molecular flexibility index (Phi) is 3.47. The molecule has 0 radical (unpaired) electrons. The second-order valence-corrected chi connectivity index (χ2v) is 8.69. The maximum absolute atomic E-state index is 12.6. The fraction of sp³-hybridized carbons (Fsp3) is 0.417. The van der Waals surface area contributed by atoms with Crippen molar-refractivity contribution in [3.8, 4) is 0 Å². The van der Waals surface area contributed by atoms with Gasteiger partial charge in [0.25, 0.3) is 0 Å². The third-order valence-electron chi connectivity index (χ3n) is 7.74. The van der Waals surface area contributed by atoms with Crippen LogP contribution in [-0.2, 0) is 9.47 Å². The largest absolute Gasteiger partial charge is 0.454 e. The van der Waals surface area contributed by atoms with Crippen LogP contribution in [0.15, 0.2) is 60.7 Å². The first-order valence-corrected chi connectivity index (χ1v) is 10.3. The van der Waals surface area contributed by atoms with E-state index in [1.165, 1.54) is 12.8 Å². The molecule has 4 heteroatoms. The zero-order valence-corrected chi connectivity index (χ0v) is 15.4. The molecule has 28 heavy (non-hydrogen) atoms. The molecule has 0 amide bonds. The number of esters is 2. The molecule has 4 aliphatic rings. The van der Waals surface area contributed by atoms with Gasteiger partial charge >= 0.3 is 11.9 Å². The number of carbonyl (C=O) groups is 2. The van der Waals surface area contributed by atoms with Gasteiger partial charge in [0.15, 0.2) is 0 Å². The molecular formula is C24H22O4. The van der Waals surface area contributed by atoms with Crippen LogP contribution in [0.2, 0.25) is 0 Å². The van der Waals surface area contributed by atoms with Gasteiger partial charge in [-0.3, -0.25) is 0 Å². The summed E-state index contributed by atoms with van der Waals surface area (Å²) in [7, 11) is 0. The van der Waals surface area contributed by atoms with Crippen molar-refractivity contribution in [3.63, 3.8) is 0 Å². The fourth-order valence-electron chi connectivity index (χ4n) is 6.38. The van der Waals surface area contributed by atoms with Crippen molar-refractivity contribution in [1.82, 2.24) is 0 Å². The lowest BCUT2D eigenvalue weighted by atomic mass is 9.27. The van der Waals surface area contributed by atoms with Crippen LogP contribution in [0, 0.1) is 35.5 Å². The number of rotatable bonds is 4. The Bertz CT molecular complexity index is 847. The smallest absolute Gasteiger partial charge is 0.338 e. The molecule has 142 valence electrons. The number of ether oxygens (including phenoxy) is 2. The minimum Gasteiger partial charge on any atom is -0.454 e. The van der Waals surface area contributed by atoms with Gasteiger partial charge in [-0.15, -0.1) is 0 Å². The molecule has 4 saturated carbocycles. The van der Waals surface area contributed by atoms with Gasteiger partial charge in [0.2, 0.25) is 0 Å². The van der Waals surface area contributed by atoms with Gasteiger partial charge in [-0.2, -0.15) is 0 Å². The highest BCUT2D eigenvalue weighted by Gasteiger charge is 2.79. The highest BCUT2D eigenvalue weighted by molar-refractivity contribution is 5.90. The Labute approximate surface area is 163 Å². The van der Waals surface area contributed by atoms with E-state index in [2.05, 4.69) is 0 Å². The summed E-state index contributed by atoms with van der Waals surface area (Å²) in [6, 6.07) is 18.1. The molecule has 0 spiro atoms. The highest BCUT2D eigenvalue weighted by atomic mass is 16.6. The SMILES string of the molecule is O=C(OC1C(OC(=O)c2ccccc2)C2C3C4CCC4C3C12)c1ccccc1. The van der Waals surface area contributed by atoms with E-state index < -0.39 is 0 Å². The van der Waals surface area contributed by atoms with Crippen LogP contribution in [0.25, 0.3) is 0 Å². The number of benzene rings is 2. The molecule has 2 aromatic carbocycles. The summed E-state index contributed by atoms with van der Waals surface area (Å²) in [6.07, 6.45) is 1.99. The lowest BCUT2D eigenvalue weighted by Gasteiger charge is -2.79. The van der Waals surface area contributed by atoms with Crippen molar-refractivity contribution in [3.05, 3.63) is 71.8 Å².